The Morgan fingerprint density at radius 3 is 2.21 bits per heavy atom. The molecule has 0 bridgehead atoms. The van der Waals surface area contributed by atoms with Crippen molar-refractivity contribution < 1.29 is 9.59 Å². The van der Waals surface area contributed by atoms with Crippen LogP contribution in [-0.4, -0.2) is 16.9 Å². The molecule has 0 radical (unpaired) electrons. The number of benzene rings is 3. The van der Waals surface area contributed by atoms with Gasteiger partial charge in [0.1, 0.15) is 0 Å². The van der Waals surface area contributed by atoms with Crippen molar-refractivity contribution in [1.29, 1.82) is 0 Å². The minimum absolute atomic E-state index is 0.124. The predicted molar refractivity (Wildman–Crippen MR) is 119 cm³/mol. The zero-order valence-corrected chi connectivity index (χ0v) is 16.8. The maximum atomic E-state index is 12.6. The van der Waals surface area contributed by atoms with E-state index in [1.807, 2.05) is 49.4 Å². The summed E-state index contributed by atoms with van der Waals surface area (Å²) in [4.78, 5) is 24.9. The molecule has 0 unspecified atom stereocenters. The van der Waals surface area contributed by atoms with Gasteiger partial charge in [-0.25, -0.2) is 0 Å². The fraction of sp³-hybridized carbons (Fsp3) is 0.0870. The zero-order chi connectivity index (χ0) is 20.6. The summed E-state index contributed by atoms with van der Waals surface area (Å²) >= 11 is 5.25. The third-order valence-electron chi connectivity index (χ3n) is 4.26. The van der Waals surface area contributed by atoms with Gasteiger partial charge in [0, 0.05) is 12.1 Å². The van der Waals surface area contributed by atoms with E-state index in [1.54, 1.807) is 36.4 Å². The summed E-state index contributed by atoms with van der Waals surface area (Å²) in [6, 6.07) is 23.9. The maximum absolute atomic E-state index is 12.6. The normalized spacial score (nSPS) is 10.1. The van der Waals surface area contributed by atoms with Crippen LogP contribution in [0.3, 0.4) is 0 Å². The Labute approximate surface area is 175 Å². The summed E-state index contributed by atoms with van der Waals surface area (Å²) in [7, 11) is 0. The molecule has 2 amide bonds. The molecule has 3 rings (SSSR count). The van der Waals surface area contributed by atoms with E-state index in [-0.39, 0.29) is 16.9 Å². The van der Waals surface area contributed by atoms with E-state index in [4.69, 9.17) is 12.2 Å². The van der Waals surface area contributed by atoms with Crippen LogP contribution in [0.4, 0.5) is 5.69 Å². The van der Waals surface area contributed by atoms with E-state index in [0.29, 0.717) is 23.4 Å². The average molecular weight is 404 g/mol. The number of amides is 2. The Morgan fingerprint density at radius 1 is 0.828 bits per heavy atom. The lowest BCUT2D eigenvalue weighted by atomic mass is 10.1. The van der Waals surface area contributed by atoms with Gasteiger partial charge in [-0.15, -0.1) is 0 Å². The first-order chi connectivity index (χ1) is 14.0. The van der Waals surface area contributed by atoms with Crippen molar-refractivity contribution in [2.24, 2.45) is 0 Å². The highest BCUT2D eigenvalue weighted by molar-refractivity contribution is 7.80. The Balaban J connectivity index is 1.63. The van der Waals surface area contributed by atoms with Gasteiger partial charge in [0.2, 0.25) is 0 Å². The van der Waals surface area contributed by atoms with E-state index in [9.17, 15) is 9.59 Å². The van der Waals surface area contributed by atoms with Crippen molar-refractivity contribution >= 4 is 34.8 Å². The molecule has 0 aromatic heterocycles. The number of nitrogens with one attached hydrogen (secondary N) is 3. The highest BCUT2D eigenvalue weighted by Crippen LogP contribution is 2.15. The Kier molecular flexibility index (Phi) is 6.71. The predicted octanol–water partition coefficient (Wildman–Crippen LogP) is 4.05. The summed E-state index contributed by atoms with van der Waals surface area (Å²) in [6.45, 7) is 2.37. The summed E-state index contributed by atoms with van der Waals surface area (Å²) in [5, 5.41) is 8.59. The molecule has 0 saturated heterocycles. The Hall–Kier alpha value is -3.51. The molecular formula is C23H21N3O2S. The fourth-order valence-electron chi connectivity index (χ4n) is 2.70. The summed E-state index contributed by atoms with van der Waals surface area (Å²) in [5.74, 6) is -0.543. The summed E-state index contributed by atoms with van der Waals surface area (Å²) < 4.78 is 0. The van der Waals surface area contributed by atoms with Crippen molar-refractivity contribution in [2.45, 2.75) is 13.5 Å². The molecule has 146 valence electrons. The minimum Gasteiger partial charge on any atom is -0.348 e. The number of aryl methyl sites for hydroxylation is 1. The number of anilines is 1. The first-order valence-corrected chi connectivity index (χ1v) is 9.54. The van der Waals surface area contributed by atoms with E-state index in [2.05, 4.69) is 16.0 Å². The molecule has 0 fully saturated rings. The number of carbonyl (C=O) groups excluding carboxylic acids is 2. The third-order valence-corrected chi connectivity index (χ3v) is 4.46. The van der Waals surface area contributed by atoms with Gasteiger partial charge in [0.15, 0.2) is 5.11 Å². The van der Waals surface area contributed by atoms with Crippen LogP contribution in [0.1, 0.15) is 31.8 Å². The van der Waals surface area contributed by atoms with Crippen LogP contribution in [0.5, 0.6) is 0 Å². The van der Waals surface area contributed by atoms with Crippen LogP contribution in [0.25, 0.3) is 0 Å². The summed E-state index contributed by atoms with van der Waals surface area (Å²) in [5.41, 5.74) is 3.54. The second-order valence-electron chi connectivity index (χ2n) is 6.49. The van der Waals surface area contributed by atoms with Crippen LogP contribution >= 0.6 is 12.2 Å². The molecule has 0 saturated carbocycles. The number of rotatable bonds is 5. The van der Waals surface area contributed by atoms with Gasteiger partial charge < -0.3 is 10.6 Å². The van der Waals surface area contributed by atoms with Gasteiger partial charge in [-0.2, -0.15) is 0 Å². The van der Waals surface area contributed by atoms with Gasteiger partial charge in [0.25, 0.3) is 11.8 Å². The lowest BCUT2D eigenvalue weighted by Crippen LogP contribution is -2.35. The summed E-state index contributed by atoms with van der Waals surface area (Å²) in [6.07, 6.45) is 0. The molecule has 3 N–H and O–H groups in total. The van der Waals surface area contributed by atoms with Gasteiger partial charge in [-0.3, -0.25) is 14.9 Å². The quantitative estimate of drug-likeness (QED) is 0.562. The molecule has 0 heterocycles. The molecule has 5 nitrogen and oxygen atoms in total. The molecule has 3 aromatic carbocycles. The van der Waals surface area contributed by atoms with Gasteiger partial charge in [0.05, 0.1) is 11.3 Å². The number of hydrogen-bond acceptors (Lipinski definition) is 3. The molecule has 0 atom stereocenters. The number of hydrogen-bond donors (Lipinski definition) is 3. The van der Waals surface area contributed by atoms with E-state index < -0.39 is 0 Å². The monoisotopic (exact) mass is 403 g/mol. The van der Waals surface area contributed by atoms with Crippen LogP contribution in [0.2, 0.25) is 0 Å². The lowest BCUT2D eigenvalue weighted by Gasteiger charge is -2.14. The molecule has 0 aliphatic heterocycles. The second-order valence-corrected chi connectivity index (χ2v) is 6.90. The molecular weight excluding hydrogens is 382 g/mol. The van der Waals surface area contributed by atoms with E-state index >= 15 is 0 Å². The SMILES string of the molecule is Cc1ccc(C(=O)NC(=S)Nc2ccccc2C(=O)NCc2ccccc2)cc1. The van der Waals surface area contributed by atoms with Crippen LogP contribution in [-0.2, 0) is 6.54 Å². The van der Waals surface area contributed by atoms with Crippen molar-refractivity contribution in [3.8, 4) is 0 Å². The smallest absolute Gasteiger partial charge is 0.257 e. The fourth-order valence-corrected chi connectivity index (χ4v) is 2.90. The standard InChI is InChI=1S/C23H21N3O2S/c1-16-11-13-18(14-12-16)21(27)26-23(29)25-20-10-6-5-9-19(20)22(28)24-15-17-7-3-2-4-8-17/h2-14H,15H2,1H3,(H,24,28)(H2,25,26,27,29). The molecule has 29 heavy (non-hydrogen) atoms. The van der Waals surface area contributed by atoms with Crippen LogP contribution < -0.4 is 16.0 Å². The van der Waals surface area contributed by atoms with Crippen molar-refractivity contribution in [2.75, 3.05) is 5.32 Å². The lowest BCUT2D eigenvalue weighted by molar-refractivity contribution is 0.0950. The highest BCUT2D eigenvalue weighted by atomic mass is 32.1. The van der Waals surface area contributed by atoms with E-state index in [0.717, 1.165) is 11.1 Å². The molecule has 6 heteroatoms. The second kappa shape index (κ2) is 9.61. The number of thiocarbonyl (C=S) groups is 1. The average Bonchev–Trinajstić information content (AvgIpc) is 2.73. The first-order valence-electron chi connectivity index (χ1n) is 9.13. The first kappa shape index (κ1) is 20.2. The molecule has 0 aliphatic carbocycles. The molecule has 3 aromatic rings. The van der Waals surface area contributed by atoms with Gasteiger partial charge in [-0.05, 0) is 49.0 Å². The molecule has 0 aliphatic rings. The van der Waals surface area contributed by atoms with Crippen LogP contribution in [0, 0.1) is 6.92 Å². The van der Waals surface area contributed by atoms with Crippen molar-refractivity contribution in [3.63, 3.8) is 0 Å². The van der Waals surface area contributed by atoms with Gasteiger partial charge in [-0.1, -0.05) is 60.2 Å². The van der Waals surface area contributed by atoms with Crippen LogP contribution in [0.15, 0.2) is 78.9 Å². The number of carbonyl (C=O) groups is 2. The van der Waals surface area contributed by atoms with Crippen molar-refractivity contribution in [1.82, 2.24) is 10.6 Å². The zero-order valence-electron chi connectivity index (χ0n) is 15.9. The van der Waals surface area contributed by atoms with Crippen molar-refractivity contribution in [3.05, 3.63) is 101 Å². The minimum atomic E-state index is -0.312. The third kappa shape index (κ3) is 5.73. The largest absolute Gasteiger partial charge is 0.348 e. The number of para-hydroxylation sites is 1. The topological polar surface area (TPSA) is 70.2 Å². The Bertz CT molecular complexity index is 1020. The van der Waals surface area contributed by atoms with Gasteiger partial charge >= 0.3 is 0 Å². The Morgan fingerprint density at radius 2 is 1.48 bits per heavy atom. The van der Waals surface area contributed by atoms with E-state index in [1.165, 1.54) is 0 Å². The maximum Gasteiger partial charge on any atom is 0.257 e. The molecule has 0 spiro atoms. The highest BCUT2D eigenvalue weighted by Gasteiger charge is 2.13.